The molecule has 1 aliphatic heterocycles. The predicted octanol–water partition coefficient (Wildman–Crippen LogP) is 0.952. The Morgan fingerprint density at radius 3 is 2.64 bits per heavy atom. The maximum absolute atomic E-state index is 12.2. The number of hydrogen-bond acceptors (Lipinski definition) is 4. The van der Waals surface area contributed by atoms with Gasteiger partial charge in [-0.15, -0.1) is 0 Å². The van der Waals surface area contributed by atoms with Crippen molar-refractivity contribution in [1.82, 2.24) is 15.1 Å². The molecule has 0 aromatic carbocycles. The Hall–Kier alpha value is -1.82. The Morgan fingerprint density at radius 2 is 2.05 bits per heavy atom. The van der Waals surface area contributed by atoms with Crippen LogP contribution in [0.15, 0.2) is 22.8 Å². The number of rotatable bonds is 5. The van der Waals surface area contributed by atoms with Crippen molar-refractivity contribution in [3.8, 4) is 0 Å². The third-order valence-corrected chi connectivity index (χ3v) is 4.48. The molecule has 3 rings (SSSR count). The van der Waals surface area contributed by atoms with Crippen LogP contribution in [-0.4, -0.2) is 60.4 Å². The summed E-state index contributed by atoms with van der Waals surface area (Å²) < 4.78 is 5.14. The average molecular weight is 305 g/mol. The fourth-order valence-electron chi connectivity index (χ4n) is 2.88. The number of carbonyl (C=O) groups excluding carboxylic acids is 2. The van der Waals surface area contributed by atoms with Crippen molar-refractivity contribution in [2.24, 2.45) is 5.92 Å². The largest absolute Gasteiger partial charge is 0.459 e. The van der Waals surface area contributed by atoms with Gasteiger partial charge in [-0.1, -0.05) is 0 Å². The fourth-order valence-corrected chi connectivity index (χ4v) is 2.88. The lowest BCUT2D eigenvalue weighted by atomic mass is 10.2. The number of amides is 2. The van der Waals surface area contributed by atoms with Crippen molar-refractivity contribution in [2.45, 2.75) is 25.8 Å². The van der Waals surface area contributed by atoms with Gasteiger partial charge in [-0.25, -0.2) is 0 Å². The van der Waals surface area contributed by atoms with Gasteiger partial charge >= 0.3 is 0 Å². The number of carbonyl (C=O) groups is 2. The molecule has 2 aliphatic rings. The third kappa shape index (κ3) is 3.68. The van der Waals surface area contributed by atoms with Gasteiger partial charge in [0, 0.05) is 32.2 Å². The maximum Gasteiger partial charge on any atom is 0.289 e. The summed E-state index contributed by atoms with van der Waals surface area (Å²) >= 11 is 0. The number of hydrogen-bond donors (Lipinski definition) is 1. The molecule has 22 heavy (non-hydrogen) atoms. The van der Waals surface area contributed by atoms with E-state index >= 15 is 0 Å². The van der Waals surface area contributed by atoms with Crippen LogP contribution in [0.2, 0.25) is 0 Å². The topological polar surface area (TPSA) is 65.8 Å². The first-order chi connectivity index (χ1) is 10.6. The standard InChI is InChI=1S/C16H23N3O3/c1-12(13-4-5-13)17-15(20)11-18-6-8-19(9-7-18)16(21)14-3-2-10-22-14/h2-3,10,12-13H,4-9,11H2,1H3,(H,17,20). The molecule has 2 heterocycles. The molecule has 2 fully saturated rings. The molecule has 0 radical (unpaired) electrons. The summed E-state index contributed by atoms with van der Waals surface area (Å²) in [6.45, 7) is 5.20. The van der Waals surface area contributed by atoms with Crippen LogP contribution in [0.1, 0.15) is 30.3 Å². The molecular weight excluding hydrogens is 282 g/mol. The second kappa shape index (κ2) is 6.52. The maximum atomic E-state index is 12.2. The molecule has 1 N–H and O–H groups in total. The van der Waals surface area contributed by atoms with E-state index in [1.165, 1.54) is 19.1 Å². The monoisotopic (exact) mass is 305 g/mol. The summed E-state index contributed by atoms with van der Waals surface area (Å²) in [6, 6.07) is 3.69. The molecule has 1 atom stereocenters. The summed E-state index contributed by atoms with van der Waals surface area (Å²) in [4.78, 5) is 28.0. The van der Waals surface area contributed by atoms with Gasteiger partial charge in [0.25, 0.3) is 5.91 Å². The van der Waals surface area contributed by atoms with Crippen LogP contribution in [0.25, 0.3) is 0 Å². The molecule has 6 nitrogen and oxygen atoms in total. The first kappa shape index (κ1) is 15.1. The zero-order valence-electron chi connectivity index (χ0n) is 13.0. The van der Waals surface area contributed by atoms with Crippen LogP contribution >= 0.6 is 0 Å². The minimum atomic E-state index is -0.0727. The van der Waals surface area contributed by atoms with E-state index < -0.39 is 0 Å². The summed E-state index contributed by atoms with van der Waals surface area (Å²) in [6.07, 6.45) is 3.97. The molecule has 120 valence electrons. The van der Waals surface area contributed by atoms with Gasteiger partial charge in [-0.05, 0) is 37.8 Å². The third-order valence-electron chi connectivity index (χ3n) is 4.48. The van der Waals surface area contributed by atoms with Gasteiger partial charge < -0.3 is 14.6 Å². The van der Waals surface area contributed by atoms with Crippen molar-refractivity contribution < 1.29 is 14.0 Å². The van der Waals surface area contributed by atoms with Gasteiger partial charge in [-0.2, -0.15) is 0 Å². The highest BCUT2D eigenvalue weighted by Gasteiger charge is 2.30. The lowest BCUT2D eigenvalue weighted by molar-refractivity contribution is -0.123. The zero-order valence-corrected chi connectivity index (χ0v) is 13.0. The van der Waals surface area contributed by atoms with Gasteiger partial charge in [0.2, 0.25) is 5.91 Å². The van der Waals surface area contributed by atoms with E-state index in [4.69, 9.17) is 4.42 Å². The molecule has 0 bridgehead atoms. The summed E-state index contributed by atoms with van der Waals surface area (Å²) in [5.74, 6) is 1.07. The lowest BCUT2D eigenvalue weighted by Gasteiger charge is -2.34. The molecular formula is C16H23N3O3. The Bertz CT molecular complexity index is 517. The Balaban J connectivity index is 1.41. The molecule has 1 saturated heterocycles. The number of piperazine rings is 1. The van der Waals surface area contributed by atoms with E-state index in [9.17, 15) is 9.59 Å². The molecule has 1 aromatic rings. The van der Waals surface area contributed by atoms with E-state index in [1.807, 2.05) is 0 Å². The molecule has 1 aromatic heterocycles. The Labute approximate surface area is 130 Å². The number of furan rings is 1. The van der Waals surface area contributed by atoms with Gasteiger partial charge in [0.1, 0.15) is 0 Å². The first-order valence-electron chi connectivity index (χ1n) is 7.98. The van der Waals surface area contributed by atoms with Gasteiger partial charge in [-0.3, -0.25) is 14.5 Å². The van der Waals surface area contributed by atoms with Crippen LogP contribution < -0.4 is 5.32 Å². The van der Waals surface area contributed by atoms with Gasteiger partial charge in [0.15, 0.2) is 5.76 Å². The Morgan fingerprint density at radius 1 is 1.32 bits per heavy atom. The normalized spacial score (nSPS) is 20.7. The minimum Gasteiger partial charge on any atom is -0.459 e. The Kier molecular flexibility index (Phi) is 4.47. The molecule has 1 aliphatic carbocycles. The molecule has 6 heteroatoms. The van der Waals surface area contributed by atoms with Crippen LogP contribution in [0.5, 0.6) is 0 Å². The highest BCUT2D eigenvalue weighted by Crippen LogP contribution is 2.32. The van der Waals surface area contributed by atoms with Crippen LogP contribution in [0, 0.1) is 5.92 Å². The smallest absolute Gasteiger partial charge is 0.289 e. The zero-order chi connectivity index (χ0) is 15.5. The number of nitrogens with one attached hydrogen (secondary N) is 1. The van der Waals surface area contributed by atoms with E-state index in [0.717, 1.165) is 13.1 Å². The second-order valence-electron chi connectivity index (χ2n) is 6.24. The predicted molar refractivity (Wildman–Crippen MR) is 81.4 cm³/mol. The molecule has 2 amide bonds. The van der Waals surface area contributed by atoms with E-state index in [1.54, 1.807) is 17.0 Å². The summed E-state index contributed by atoms with van der Waals surface area (Å²) in [7, 11) is 0. The quantitative estimate of drug-likeness (QED) is 0.880. The highest BCUT2D eigenvalue weighted by molar-refractivity contribution is 5.91. The van der Waals surface area contributed by atoms with E-state index in [0.29, 0.717) is 31.3 Å². The van der Waals surface area contributed by atoms with E-state index in [-0.39, 0.29) is 17.9 Å². The fraction of sp³-hybridized carbons (Fsp3) is 0.625. The minimum absolute atomic E-state index is 0.0727. The SMILES string of the molecule is CC(NC(=O)CN1CCN(C(=O)c2ccco2)CC1)C1CC1. The summed E-state index contributed by atoms with van der Waals surface area (Å²) in [5, 5.41) is 3.07. The van der Waals surface area contributed by atoms with Crippen molar-refractivity contribution in [3.63, 3.8) is 0 Å². The van der Waals surface area contributed by atoms with Crippen molar-refractivity contribution in [1.29, 1.82) is 0 Å². The van der Waals surface area contributed by atoms with Gasteiger partial charge in [0.05, 0.1) is 12.8 Å². The number of nitrogens with zero attached hydrogens (tertiary/aromatic N) is 2. The lowest BCUT2D eigenvalue weighted by Crippen LogP contribution is -2.51. The van der Waals surface area contributed by atoms with Crippen molar-refractivity contribution in [2.75, 3.05) is 32.7 Å². The highest BCUT2D eigenvalue weighted by atomic mass is 16.3. The van der Waals surface area contributed by atoms with Crippen LogP contribution in [0.4, 0.5) is 0 Å². The second-order valence-corrected chi connectivity index (χ2v) is 6.24. The van der Waals surface area contributed by atoms with Crippen molar-refractivity contribution in [3.05, 3.63) is 24.2 Å². The van der Waals surface area contributed by atoms with Crippen LogP contribution in [0.3, 0.4) is 0 Å². The molecule has 1 unspecified atom stereocenters. The summed E-state index contributed by atoms with van der Waals surface area (Å²) in [5.41, 5.74) is 0. The average Bonchev–Trinajstić information content (AvgIpc) is 3.22. The van der Waals surface area contributed by atoms with Crippen LogP contribution in [-0.2, 0) is 4.79 Å². The van der Waals surface area contributed by atoms with Crippen molar-refractivity contribution >= 4 is 11.8 Å². The first-order valence-corrected chi connectivity index (χ1v) is 7.98. The van der Waals surface area contributed by atoms with E-state index in [2.05, 4.69) is 17.1 Å². The molecule has 0 spiro atoms. The molecule has 1 saturated carbocycles.